The van der Waals surface area contributed by atoms with Crippen LogP contribution in [0.15, 0.2) is 0 Å². The van der Waals surface area contributed by atoms with Gasteiger partial charge in [0, 0.05) is 23.6 Å². The number of hydrogen-bond donors (Lipinski definition) is 0. The molecular formula is C14H24N2O2S. The lowest BCUT2D eigenvalue weighted by Crippen LogP contribution is -2.70. The van der Waals surface area contributed by atoms with E-state index in [4.69, 9.17) is 0 Å². The average molecular weight is 284 g/mol. The Morgan fingerprint density at radius 3 is 2.26 bits per heavy atom. The number of rotatable bonds is 1. The molecule has 0 N–H and O–H groups in total. The maximum atomic E-state index is 12.2. The van der Waals surface area contributed by atoms with Gasteiger partial charge in [0.15, 0.2) is 0 Å². The zero-order chi connectivity index (χ0) is 14.4. The molecule has 0 aromatic rings. The summed E-state index contributed by atoms with van der Waals surface area (Å²) >= 11 is 1.83. The van der Waals surface area contributed by atoms with Gasteiger partial charge < -0.3 is 9.80 Å². The van der Waals surface area contributed by atoms with Gasteiger partial charge in [0.05, 0.1) is 13.1 Å². The summed E-state index contributed by atoms with van der Waals surface area (Å²) in [4.78, 5) is 28.2. The average Bonchev–Trinajstić information content (AvgIpc) is 2.67. The largest absolute Gasteiger partial charge is 0.336 e. The van der Waals surface area contributed by atoms with Crippen molar-refractivity contribution in [2.75, 3.05) is 25.4 Å². The summed E-state index contributed by atoms with van der Waals surface area (Å²) in [5, 5.41) is 0. The van der Waals surface area contributed by atoms with Crippen LogP contribution in [-0.2, 0) is 9.59 Å². The quantitative estimate of drug-likeness (QED) is 0.737. The van der Waals surface area contributed by atoms with Crippen molar-refractivity contribution in [3.63, 3.8) is 0 Å². The van der Waals surface area contributed by atoms with Crippen LogP contribution in [0.1, 0.15) is 34.6 Å². The molecule has 4 nitrogen and oxygen atoms in total. The predicted molar refractivity (Wildman–Crippen MR) is 77.8 cm³/mol. The first-order valence-corrected chi connectivity index (χ1v) is 7.91. The molecule has 0 aromatic heterocycles. The van der Waals surface area contributed by atoms with Crippen molar-refractivity contribution in [2.24, 2.45) is 11.3 Å². The number of carbonyl (C=O) groups is 2. The highest BCUT2D eigenvalue weighted by Crippen LogP contribution is 2.44. The van der Waals surface area contributed by atoms with Gasteiger partial charge in [-0.1, -0.05) is 34.6 Å². The van der Waals surface area contributed by atoms with Crippen LogP contribution in [0.3, 0.4) is 0 Å². The van der Waals surface area contributed by atoms with Gasteiger partial charge in [-0.3, -0.25) is 9.59 Å². The van der Waals surface area contributed by atoms with Gasteiger partial charge in [0.1, 0.15) is 4.87 Å². The van der Waals surface area contributed by atoms with Gasteiger partial charge in [-0.15, -0.1) is 11.8 Å². The van der Waals surface area contributed by atoms with Crippen LogP contribution in [0.25, 0.3) is 0 Å². The van der Waals surface area contributed by atoms with Crippen LogP contribution in [0.2, 0.25) is 0 Å². The Hall–Kier alpha value is -0.710. The molecule has 2 fully saturated rings. The summed E-state index contributed by atoms with van der Waals surface area (Å²) in [6.45, 7) is 11.9. The number of amides is 2. The maximum Gasteiger partial charge on any atom is 0.228 e. The topological polar surface area (TPSA) is 40.6 Å². The first kappa shape index (κ1) is 14.7. The van der Waals surface area contributed by atoms with Gasteiger partial charge >= 0.3 is 0 Å². The highest BCUT2D eigenvalue weighted by molar-refractivity contribution is 8.01. The minimum atomic E-state index is -0.336. The van der Waals surface area contributed by atoms with E-state index in [9.17, 15) is 9.59 Å². The van der Waals surface area contributed by atoms with E-state index in [0.29, 0.717) is 13.1 Å². The summed E-state index contributed by atoms with van der Waals surface area (Å²) in [7, 11) is 0. The Morgan fingerprint density at radius 1 is 1.21 bits per heavy atom. The Kier molecular flexibility index (Phi) is 3.62. The van der Waals surface area contributed by atoms with Crippen molar-refractivity contribution in [1.29, 1.82) is 0 Å². The molecule has 5 heteroatoms. The molecule has 2 heterocycles. The van der Waals surface area contributed by atoms with Gasteiger partial charge in [-0.2, -0.15) is 0 Å². The Balaban J connectivity index is 2.04. The van der Waals surface area contributed by atoms with E-state index < -0.39 is 0 Å². The third-order valence-corrected chi connectivity index (χ3v) is 5.14. The Bertz CT molecular complexity index is 395. The molecule has 2 aliphatic heterocycles. The number of thioether (sulfide) groups is 1. The normalized spacial score (nSPS) is 22.0. The van der Waals surface area contributed by atoms with Crippen LogP contribution in [0.4, 0.5) is 0 Å². The minimum absolute atomic E-state index is 0.0305. The highest BCUT2D eigenvalue weighted by Gasteiger charge is 2.55. The van der Waals surface area contributed by atoms with E-state index >= 15 is 0 Å². The number of likely N-dealkylation sites (tertiary alicyclic amines) is 1. The van der Waals surface area contributed by atoms with Crippen molar-refractivity contribution >= 4 is 23.6 Å². The Morgan fingerprint density at radius 2 is 1.79 bits per heavy atom. The lowest BCUT2D eigenvalue weighted by Gasteiger charge is -2.53. The smallest absolute Gasteiger partial charge is 0.228 e. The van der Waals surface area contributed by atoms with Gasteiger partial charge in [0.25, 0.3) is 0 Å². The molecule has 0 radical (unpaired) electrons. The molecule has 2 rings (SSSR count). The molecule has 0 bridgehead atoms. The number of carbonyl (C=O) groups excluding carboxylic acids is 2. The van der Waals surface area contributed by atoms with E-state index in [1.54, 1.807) is 0 Å². The predicted octanol–water partition coefficient (Wildman–Crippen LogP) is 1.80. The molecule has 0 unspecified atom stereocenters. The first-order chi connectivity index (χ1) is 8.67. The molecule has 2 saturated heterocycles. The molecule has 0 aliphatic carbocycles. The second kappa shape index (κ2) is 4.69. The molecule has 0 atom stereocenters. The van der Waals surface area contributed by atoms with Gasteiger partial charge in [-0.25, -0.2) is 0 Å². The lowest BCUT2D eigenvalue weighted by molar-refractivity contribution is -0.154. The number of hydrogen-bond acceptors (Lipinski definition) is 3. The van der Waals surface area contributed by atoms with Gasteiger partial charge in [-0.05, 0) is 0 Å². The summed E-state index contributed by atoms with van der Waals surface area (Å²) in [5.41, 5.74) is -0.336. The van der Waals surface area contributed by atoms with E-state index in [0.717, 1.165) is 12.3 Å². The summed E-state index contributed by atoms with van der Waals surface area (Å²) < 4.78 is 0. The van der Waals surface area contributed by atoms with Crippen LogP contribution in [0, 0.1) is 11.3 Å². The highest BCUT2D eigenvalue weighted by atomic mass is 32.2. The lowest BCUT2D eigenvalue weighted by atomic mass is 9.91. The van der Waals surface area contributed by atoms with Gasteiger partial charge in [0.2, 0.25) is 11.8 Å². The Labute approximate surface area is 119 Å². The van der Waals surface area contributed by atoms with Crippen molar-refractivity contribution in [1.82, 2.24) is 9.80 Å². The second-order valence-corrected chi connectivity index (χ2v) is 8.31. The zero-order valence-electron chi connectivity index (χ0n) is 12.5. The van der Waals surface area contributed by atoms with Crippen molar-refractivity contribution in [3.8, 4) is 0 Å². The molecule has 0 aromatic carbocycles. The van der Waals surface area contributed by atoms with E-state index in [2.05, 4.69) is 0 Å². The van der Waals surface area contributed by atoms with Crippen LogP contribution in [-0.4, -0.2) is 51.9 Å². The molecular weight excluding hydrogens is 260 g/mol. The molecule has 108 valence electrons. The SMILES string of the molecule is CC(C)C(=O)N1CCSC12CN(C(=O)C(C)(C)C)C2. The number of nitrogens with zero attached hydrogens (tertiary/aromatic N) is 2. The third-order valence-electron chi connectivity index (χ3n) is 3.74. The summed E-state index contributed by atoms with van der Waals surface area (Å²) in [6, 6.07) is 0. The molecule has 2 amide bonds. The molecule has 1 spiro atoms. The fourth-order valence-electron chi connectivity index (χ4n) is 2.66. The first-order valence-electron chi connectivity index (χ1n) is 6.92. The van der Waals surface area contributed by atoms with Crippen molar-refractivity contribution < 1.29 is 9.59 Å². The van der Waals surface area contributed by atoms with E-state index in [-0.39, 0.29) is 28.0 Å². The van der Waals surface area contributed by atoms with E-state index in [1.165, 1.54) is 0 Å². The minimum Gasteiger partial charge on any atom is -0.336 e. The summed E-state index contributed by atoms with van der Waals surface area (Å²) in [5.74, 6) is 1.41. The summed E-state index contributed by atoms with van der Waals surface area (Å²) in [6.07, 6.45) is 0. The van der Waals surface area contributed by atoms with Crippen LogP contribution < -0.4 is 0 Å². The fourth-order valence-corrected chi connectivity index (χ4v) is 4.15. The molecule has 0 saturated carbocycles. The molecule has 2 aliphatic rings. The monoisotopic (exact) mass is 284 g/mol. The van der Waals surface area contributed by atoms with Crippen molar-refractivity contribution in [2.45, 2.75) is 39.5 Å². The molecule has 19 heavy (non-hydrogen) atoms. The van der Waals surface area contributed by atoms with E-state index in [1.807, 2.05) is 56.2 Å². The van der Waals surface area contributed by atoms with Crippen molar-refractivity contribution in [3.05, 3.63) is 0 Å². The van der Waals surface area contributed by atoms with Crippen LogP contribution >= 0.6 is 11.8 Å². The maximum absolute atomic E-state index is 12.2. The standard InChI is InChI=1S/C14H24N2O2S/c1-10(2)11(17)16-6-7-19-14(16)8-15(9-14)12(18)13(3,4)5/h10H,6-9H2,1-5H3. The van der Waals surface area contributed by atoms with Crippen LogP contribution in [0.5, 0.6) is 0 Å². The fraction of sp³-hybridized carbons (Fsp3) is 0.857. The zero-order valence-corrected chi connectivity index (χ0v) is 13.3. The third kappa shape index (κ3) is 2.49. The second-order valence-electron chi connectivity index (χ2n) is 6.85.